The molecule has 2 aromatic rings. The fourth-order valence-electron chi connectivity index (χ4n) is 3.37. The van der Waals surface area contributed by atoms with Crippen LogP contribution in [0.3, 0.4) is 0 Å². The van der Waals surface area contributed by atoms with Gasteiger partial charge in [-0.3, -0.25) is 4.79 Å². The minimum absolute atomic E-state index is 0.0104. The number of rotatable bonds is 7. The highest BCUT2D eigenvalue weighted by Crippen LogP contribution is 2.27. The van der Waals surface area contributed by atoms with Gasteiger partial charge in [0.2, 0.25) is 15.9 Å². The SMILES string of the molecule is C=CCN(Cc1cccs1)C(=O)C1CCN(S(=O)(=O)c2ccccc2F)CC1. The normalized spacial score (nSPS) is 16.0. The van der Waals surface area contributed by atoms with E-state index in [1.807, 2.05) is 17.5 Å². The lowest BCUT2D eigenvalue weighted by molar-refractivity contribution is -0.136. The molecule has 2 heterocycles. The smallest absolute Gasteiger partial charge is 0.245 e. The van der Waals surface area contributed by atoms with E-state index in [1.54, 1.807) is 22.3 Å². The van der Waals surface area contributed by atoms with Gasteiger partial charge < -0.3 is 4.90 Å². The maximum Gasteiger partial charge on any atom is 0.245 e. The predicted molar refractivity (Wildman–Crippen MR) is 108 cm³/mol. The largest absolute Gasteiger partial charge is 0.334 e. The summed E-state index contributed by atoms with van der Waals surface area (Å²) in [6.07, 6.45) is 2.54. The van der Waals surface area contributed by atoms with E-state index in [-0.39, 0.29) is 29.8 Å². The maximum atomic E-state index is 13.9. The molecule has 3 rings (SSSR count). The van der Waals surface area contributed by atoms with Gasteiger partial charge >= 0.3 is 0 Å². The first-order valence-electron chi connectivity index (χ1n) is 9.10. The molecule has 0 N–H and O–H groups in total. The number of piperidine rings is 1. The van der Waals surface area contributed by atoms with Crippen LogP contribution in [0.4, 0.5) is 4.39 Å². The number of benzene rings is 1. The van der Waals surface area contributed by atoms with E-state index in [1.165, 1.54) is 22.5 Å². The summed E-state index contributed by atoms with van der Waals surface area (Å²) in [4.78, 5) is 15.5. The molecule has 0 radical (unpaired) electrons. The second-order valence-corrected chi connectivity index (χ2v) is 9.63. The summed E-state index contributed by atoms with van der Waals surface area (Å²) in [6, 6.07) is 9.31. The molecule has 8 heteroatoms. The molecule has 150 valence electrons. The summed E-state index contributed by atoms with van der Waals surface area (Å²) < 4.78 is 40.6. The van der Waals surface area contributed by atoms with Crippen LogP contribution in [-0.2, 0) is 21.4 Å². The molecule has 5 nitrogen and oxygen atoms in total. The summed E-state index contributed by atoms with van der Waals surface area (Å²) in [5.74, 6) is -0.989. The Kier molecular flexibility index (Phi) is 6.64. The second kappa shape index (κ2) is 8.98. The first kappa shape index (κ1) is 20.7. The first-order valence-corrected chi connectivity index (χ1v) is 11.4. The number of thiophene rings is 1. The summed E-state index contributed by atoms with van der Waals surface area (Å²) in [5.41, 5.74) is 0. The van der Waals surface area contributed by atoms with E-state index in [2.05, 4.69) is 6.58 Å². The van der Waals surface area contributed by atoms with Gasteiger partial charge in [-0.15, -0.1) is 17.9 Å². The highest BCUT2D eigenvalue weighted by molar-refractivity contribution is 7.89. The topological polar surface area (TPSA) is 57.7 Å². The third-order valence-electron chi connectivity index (χ3n) is 4.85. The van der Waals surface area contributed by atoms with Crippen molar-refractivity contribution in [1.29, 1.82) is 0 Å². The Morgan fingerprint density at radius 3 is 2.57 bits per heavy atom. The van der Waals surface area contributed by atoms with Crippen LogP contribution in [0.2, 0.25) is 0 Å². The number of carbonyl (C=O) groups excluding carboxylic acids is 1. The summed E-state index contributed by atoms with van der Waals surface area (Å²) in [6.45, 7) is 5.11. The quantitative estimate of drug-likeness (QED) is 0.642. The molecular formula is C20H23FN2O3S2. The number of sulfonamides is 1. The fraction of sp³-hybridized carbons (Fsp3) is 0.350. The Bertz CT molecular complexity index is 921. The third-order valence-corrected chi connectivity index (χ3v) is 7.64. The van der Waals surface area contributed by atoms with Crippen molar-refractivity contribution in [2.24, 2.45) is 5.92 Å². The van der Waals surface area contributed by atoms with Gasteiger partial charge in [-0.2, -0.15) is 4.31 Å². The van der Waals surface area contributed by atoms with Gasteiger partial charge in [-0.25, -0.2) is 12.8 Å². The molecular weight excluding hydrogens is 399 g/mol. The van der Waals surface area contributed by atoms with Crippen molar-refractivity contribution in [2.75, 3.05) is 19.6 Å². The zero-order chi connectivity index (χ0) is 20.1. The monoisotopic (exact) mass is 422 g/mol. The molecule has 28 heavy (non-hydrogen) atoms. The number of hydrogen-bond donors (Lipinski definition) is 0. The summed E-state index contributed by atoms with van der Waals surface area (Å²) >= 11 is 1.59. The highest BCUT2D eigenvalue weighted by Gasteiger charge is 2.34. The van der Waals surface area contributed by atoms with Crippen LogP contribution in [0.15, 0.2) is 59.3 Å². The minimum atomic E-state index is -3.89. The van der Waals surface area contributed by atoms with Crippen molar-refractivity contribution in [3.8, 4) is 0 Å². The standard InChI is InChI=1S/C20H23FN2O3S2/c1-2-11-22(15-17-6-5-14-27-17)20(24)16-9-12-23(13-10-16)28(25,26)19-8-4-3-7-18(19)21/h2-8,14,16H,1,9-13,15H2. The van der Waals surface area contributed by atoms with Crippen LogP contribution in [-0.4, -0.2) is 43.2 Å². The van der Waals surface area contributed by atoms with Crippen molar-refractivity contribution in [3.05, 3.63) is 65.1 Å². The lowest BCUT2D eigenvalue weighted by Gasteiger charge is -2.33. The molecule has 1 fully saturated rings. The molecule has 0 aliphatic carbocycles. The molecule has 0 bridgehead atoms. The van der Waals surface area contributed by atoms with E-state index >= 15 is 0 Å². The molecule has 0 atom stereocenters. The van der Waals surface area contributed by atoms with Gasteiger partial charge in [-0.1, -0.05) is 24.3 Å². The zero-order valence-electron chi connectivity index (χ0n) is 15.5. The van der Waals surface area contributed by atoms with E-state index in [0.717, 1.165) is 10.9 Å². The zero-order valence-corrected chi connectivity index (χ0v) is 17.1. The maximum absolute atomic E-state index is 13.9. The molecule has 0 spiro atoms. The number of nitrogens with zero attached hydrogens (tertiary/aromatic N) is 2. The lowest BCUT2D eigenvalue weighted by atomic mass is 9.96. The number of halogens is 1. The van der Waals surface area contributed by atoms with E-state index in [4.69, 9.17) is 0 Å². The van der Waals surface area contributed by atoms with Crippen LogP contribution in [0.5, 0.6) is 0 Å². The summed E-state index contributed by atoms with van der Waals surface area (Å²) in [7, 11) is -3.89. The van der Waals surface area contributed by atoms with Gasteiger partial charge in [0, 0.05) is 30.4 Å². The van der Waals surface area contributed by atoms with Crippen molar-refractivity contribution < 1.29 is 17.6 Å². The van der Waals surface area contributed by atoms with Crippen LogP contribution < -0.4 is 0 Å². The predicted octanol–water partition coefficient (Wildman–Crippen LogP) is 3.50. The molecule has 1 amide bonds. The van der Waals surface area contributed by atoms with E-state index in [0.29, 0.717) is 25.9 Å². The molecule has 1 aliphatic rings. The average Bonchev–Trinajstić information content (AvgIpc) is 3.20. The number of hydrogen-bond acceptors (Lipinski definition) is 4. The molecule has 0 saturated carbocycles. The Morgan fingerprint density at radius 1 is 1.25 bits per heavy atom. The average molecular weight is 423 g/mol. The molecule has 1 aromatic heterocycles. The Balaban J connectivity index is 1.66. The van der Waals surface area contributed by atoms with Crippen molar-refractivity contribution >= 4 is 27.3 Å². The van der Waals surface area contributed by atoms with Crippen LogP contribution in [0.25, 0.3) is 0 Å². The Hall–Kier alpha value is -2.03. The first-order chi connectivity index (χ1) is 13.4. The van der Waals surface area contributed by atoms with E-state index < -0.39 is 15.8 Å². The van der Waals surface area contributed by atoms with Gasteiger partial charge in [-0.05, 0) is 36.4 Å². The van der Waals surface area contributed by atoms with Gasteiger partial charge in [0.15, 0.2) is 0 Å². The third kappa shape index (κ3) is 4.51. The van der Waals surface area contributed by atoms with Crippen molar-refractivity contribution in [2.45, 2.75) is 24.3 Å². The Morgan fingerprint density at radius 2 is 1.96 bits per heavy atom. The van der Waals surface area contributed by atoms with Crippen molar-refractivity contribution in [1.82, 2.24) is 9.21 Å². The van der Waals surface area contributed by atoms with Gasteiger partial charge in [0.05, 0.1) is 6.54 Å². The highest BCUT2D eigenvalue weighted by atomic mass is 32.2. The molecule has 1 saturated heterocycles. The molecule has 1 aromatic carbocycles. The van der Waals surface area contributed by atoms with E-state index in [9.17, 15) is 17.6 Å². The molecule has 1 aliphatic heterocycles. The Labute approximate surface area is 169 Å². The van der Waals surface area contributed by atoms with Gasteiger partial charge in [0.25, 0.3) is 0 Å². The summed E-state index contributed by atoms with van der Waals surface area (Å²) in [5, 5.41) is 1.97. The fourth-order valence-corrected chi connectivity index (χ4v) is 5.63. The van der Waals surface area contributed by atoms with Gasteiger partial charge in [0.1, 0.15) is 10.7 Å². The van der Waals surface area contributed by atoms with Crippen LogP contribution >= 0.6 is 11.3 Å². The lowest BCUT2D eigenvalue weighted by Crippen LogP contribution is -2.44. The number of carbonyl (C=O) groups is 1. The second-order valence-electron chi connectivity index (χ2n) is 6.70. The number of amides is 1. The minimum Gasteiger partial charge on any atom is -0.334 e. The molecule has 0 unspecified atom stereocenters. The van der Waals surface area contributed by atoms with Crippen LogP contribution in [0, 0.1) is 11.7 Å². The van der Waals surface area contributed by atoms with Crippen molar-refractivity contribution in [3.63, 3.8) is 0 Å². The van der Waals surface area contributed by atoms with Crippen LogP contribution in [0.1, 0.15) is 17.7 Å².